The van der Waals surface area contributed by atoms with E-state index in [4.69, 9.17) is 4.74 Å². The van der Waals surface area contributed by atoms with Crippen molar-refractivity contribution in [3.63, 3.8) is 0 Å². The Labute approximate surface area is 123 Å². The van der Waals surface area contributed by atoms with Crippen LogP contribution < -0.4 is 10.1 Å². The molecule has 1 heterocycles. The molecular weight excluding hydrogens is 326 g/mol. The highest BCUT2D eigenvalue weighted by Crippen LogP contribution is 2.23. The molecule has 0 fully saturated rings. The number of hydrogen-bond donors (Lipinski definition) is 2. The zero-order chi connectivity index (χ0) is 14.4. The lowest BCUT2D eigenvalue weighted by Gasteiger charge is -2.04. The first-order valence-electron chi connectivity index (χ1n) is 5.71. The predicted molar refractivity (Wildman–Crippen MR) is 75.8 cm³/mol. The van der Waals surface area contributed by atoms with Gasteiger partial charge in [-0.2, -0.15) is 5.21 Å². The molecule has 1 aromatic heterocycles. The van der Waals surface area contributed by atoms with Crippen LogP contribution in [0.3, 0.4) is 0 Å². The van der Waals surface area contributed by atoms with E-state index in [1.165, 1.54) is 6.08 Å². The largest absolute Gasteiger partial charge is 0.496 e. The molecule has 0 radical (unpaired) electrons. The summed E-state index contributed by atoms with van der Waals surface area (Å²) in [6.07, 6.45) is 3.10. The van der Waals surface area contributed by atoms with Crippen molar-refractivity contribution in [3.8, 4) is 5.75 Å². The summed E-state index contributed by atoms with van der Waals surface area (Å²) in [6.45, 7) is 0.218. The monoisotopic (exact) mass is 337 g/mol. The number of hydrogen-bond acceptors (Lipinski definition) is 5. The van der Waals surface area contributed by atoms with Gasteiger partial charge in [0.25, 0.3) is 0 Å². The summed E-state index contributed by atoms with van der Waals surface area (Å²) >= 11 is 3.37. The van der Waals surface area contributed by atoms with Crippen LogP contribution in [0.15, 0.2) is 28.7 Å². The molecule has 0 aliphatic carbocycles. The molecular formula is C12H12BrN5O2. The normalized spacial score (nSPS) is 10.7. The molecule has 2 N–H and O–H groups in total. The van der Waals surface area contributed by atoms with Gasteiger partial charge >= 0.3 is 0 Å². The van der Waals surface area contributed by atoms with Crippen molar-refractivity contribution in [1.29, 1.82) is 0 Å². The van der Waals surface area contributed by atoms with Crippen molar-refractivity contribution in [2.24, 2.45) is 0 Å². The highest BCUT2D eigenvalue weighted by molar-refractivity contribution is 9.10. The Morgan fingerprint density at radius 1 is 1.55 bits per heavy atom. The summed E-state index contributed by atoms with van der Waals surface area (Å²) in [5.74, 6) is 0.860. The zero-order valence-corrected chi connectivity index (χ0v) is 12.2. The average molecular weight is 338 g/mol. The Morgan fingerprint density at radius 2 is 2.40 bits per heavy atom. The molecule has 2 aromatic rings. The number of carbonyl (C=O) groups is 1. The van der Waals surface area contributed by atoms with Crippen molar-refractivity contribution in [1.82, 2.24) is 25.9 Å². The Bertz CT molecular complexity index is 612. The second-order valence-corrected chi connectivity index (χ2v) is 4.68. The number of benzene rings is 1. The fraction of sp³-hybridized carbons (Fsp3) is 0.167. The molecule has 0 atom stereocenters. The number of aromatic nitrogens is 4. The van der Waals surface area contributed by atoms with Gasteiger partial charge in [-0.3, -0.25) is 4.79 Å². The minimum atomic E-state index is -0.253. The molecule has 0 unspecified atom stereocenters. The van der Waals surface area contributed by atoms with Crippen LogP contribution in [0.2, 0.25) is 0 Å². The van der Waals surface area contributed by atoms with E-state index in [1.807, 2.05) is 18.2 Å². The van der Waals surface area contributed by atoms with E-state index in [2.05, 4.69) is 41.9 Å². The lowest BCUT2D eigenvalue weighted by atomic mass is 10.2. The number of ether oxygens (including phenoxy) is 1. The lowest BCUT2D eigenvalue weighted by Crippen LogP contribution is -2.21. The minimum absolute atomic E-state index is 0.218. The first-order valence-corrected chi connectivity index (χ1v) is 6.50. The molecule has 8 heteroatoms. The highest BCUT2D eigenvalue weighted by atomic mass is 79.9. The second-order valence-electron chi connectivity index (χ2n) is 3.77. The number of halogens is 1. The SMILES string of the molecule is COc1ccc(Br)cc1C=CC(=O)NCc1nn[nH]n1. The van der Waals surface area contributed by atoms with Gasteiger partial charge in [0.15, 0.2) is 5.82 Å². The molecule has 20 heavy (non-hydrogen) atoms. The van der Waals surface area contributed by atoms with E-state index >= 15 is 0 Å². The van der Waals surface area contributed by atoms with E-state index in [9.17, 15) is 4.79 Å². The molecule has 104 valence electrons. The van der Waals surface area contributed by atoms with Crippen LogP contribution in [-0.2, 0) is 11.3 Å². The highest BCUT2D eigenvalue weighted by Gasteiger charge is 2.03. The summed E-state index contributed by atoms with van der Waals surface area (Å²) in [5.41, 5.74) is 0.802. The number of nitrogens with zero attached hydrogens (tertiary/aromatic N) is 3. The van der Waals surface area contributed by atoms with Crippen molar-refractivity contribution in [3.05, 3.63) is 40.1 Å². The van der Waals surface area contributed by atoms with Crippen LogP contribution in [0.5, 0.6) is 5.75 Å². The quantitative estimate of drug-likeness (QED) is 0.802. The van der Waals surface area contributed by atoms with Gasteiger partial charge in [0.1, 0.15) is 5.75 Å². The van der Waals surface area contributed by atoms with Crippen molar-refractivity contribution >= 4 is 27.9 Å². The van der Waals surface area contributed by atoms with Crippen molar-refractivity contribution in [2.45, 2.75) is 6.54 Å². The van der Waals surface area contributed by atoms with Crippen LogP contribution in [0.1, 0.15) is 11.4 Å². The van der Waals surface area contributed by atoms with Gasteiger partial charge in [-0.25, -0.2) is 0 Å². The Balaban J connectivity index is 1.98. The molecule has 1 amide bonds. The summed E-state index contributed by atoms with van der Waals surface area (Å²) in [7, 11) is 1.58. The number of H-pyrrole nitrogens is 1. The molecule has 0 bridgehead atoms. The smallest absolute Gasteiger partial charge is 0.244 e. The molecule has 2 rings (SSSR count). The van der Waals surface area contributed by atoms with Gasteiger partial charge in [-0.15, -0.1) is 10.2 Å². The third-order valence-electron chi connectivity index (χ3n) is 2.42. The van der Waals surface area contributed by atoms with Crippen LogP contribution in [0.4, 0.5) is 0 Å². The summed E-state index contributed by atoms with van der Waals surface area (Å²) in [4.78, 5) is 11.7. The third-order valence-corrected chi connectivity index (χ3v) is 2.91. The maximum Gasteiger partial charge on any atom is 0.244 e. The number of tetrazole rings is 1. The van der Waals surface area contributed by atoms with Crippen LogP contribution in [-0.4, -0.2) is 33.6 Å². The van der Waals surface area contributed by atoms with Gasteiger partial charge < -0.3 is 10.1 Å². The van der Waals surface area contributed by atoms with Crippen molar-refractivity contribution in [2.75, 3.05) is 7.11 Å². The number of aromatic amines is 1. The zero-order valence-electron chi connectivity index (χ0n) is 10.6. The van der Waals surface area contributed by atoms with E-state index in [1.54, 1.807) is 13.2 Å². The third kappa shape index (κ3) is 3.89. The molecule has 1 aromatic carbocycles. The molecule has 0 saturated carbocycles. The van der Waals surface area contributed by atoms with E-state index < -0.39 is 0 Å². The molecule has 0 saturated heterocycles. The topological polar surface area (TPSA) is 92.8 Å². The standard InChI is InChI=1S/C12H12BrN5O2/c1-20-10-4-3-9(13)6-8(10)2-5-12(19)14-7-11-15-17-18-16-11/h2-6H,7H2,1H3,(H,14,19)(H,15,16,17,18). The Kier molecular flexibility index (Phi) is 4.83. The molecule has 0 aliphatic rings. The summed E-state index contributed by atoms with van der Waals surface area (Å²) < 4.78 is 6.12. The number of rotatable bonds is 5. The summed E-state index contributed by atoms with van der Waals surface area (Å²) in [5, 5.41) is 15.8. The van der Waals surface area contributed by atoms with Crippen LogP contribution >= 0.6 is 15.9 Å². The Hall–Kier alpha value is -2.22. The lowest BCUT2D eigenvalue weighted by molar-refractivity contribution is -0.116. The second kappa shape index (κ2) is 6.80. The van der Waals surface area contributed by atoms with Crippen LogP contribution in [0.25, 0.3) is 6.08 Å². The number of carbonyl (C=O) groups excluding carboxylic acids is 1. The number of amides is 1. The maximum atomic E-state index is 11.7. The fourth-order valence-corrected chi connectivity index (χ4v) is 1.86. The van der Waals surface area contributed by atoms with Gasteiger partial charge in [0, 0.05) is 16.1 Å². The first-order chi connectivity index (χ1) is 9.69. The van der Waals surface area contributed by atoms with E-state index in [0.29, 0.717) is 11.6 Å². The van der Waals surface area contributed by atoms with E-state index in [-0.39, 0.29) is 12.5 Å². The Morgan fingerprint density at radius 3 is 3.10 bits per heavy atom. The maximum absolute atomic E-state index is 11.7. The number of nitrogens with one attached hydrogen (secondary N) is 2. The molecule has 0 aliphatic heterocycles. The van der Waals surface area contributed by atoms with Gasteiger partial charge in [-0.1, -0.05) is 21.1 Å². The predicted octanol–water partition coefficient (Wildman–Crippen LogP) is 1.30. The molecule has 7 nitrogen and oxygen atoms in total. The average Bonchev–Trinajstić information content (AvgIpc) is 2.96. The van der Waals surface area contributed by atoms with E-state index in [0.717, 1.165) is 10.0 Å². The van der Waals surface area contributed by atoms with Crippen LogP contribution in [0, 0.1) is 0 Å². The van der Waals surface area contributed by atoms with Gasteiger partial charge in [-0.05, 0) is 24.3 Å². The van der Waals surface area contributed by atoms with Gasteiger partial charge in [0.05, 0.1) is 13.7 Å². The first kappa shape index (κ1) is 14.2. The fourth-order valence-electron chi connectivity index (χ4n) is 1.48. The van der Waals surface area contributed by atoms with Crippen molar-refractivity contribution < 1.29 is 9.53 Å². The summed E-state index contributed by atoms with van der Waals surface area (Å²) in [6, 6.07) is 5.55. The number of methoxy groups -OCH3 is 1. The molecule has 0 spiro atoms. The van der Waals surface area contributed by atoms with Gasteiger partial charge in [0.2, 0.25) is 5.91 Å². The minimum Gasteiger partial charge on any atom is -0.496 e.